The normalized spacial score (nSPS) is 11.9. The number of phenolic OH excluding ortho intramolecular Hbond substituents is 2. The Labute approximate surface area is 193 Å². The van der Waals surface area contributed by atoms with Crippen molar-refractivity contribution >= 4 is 11.9 Å². The average Bonchev–Trinajstić information content (AvgIpc) is 2.76. The van der Waals surface area contributed by atoms with Crippen LogP contribution in [0, 0.1) is 0 Å². The maximum absolute atomic E-state index is 12.1. The van der Waals surface area contributed by atoms with Crippen molar-refractivity contribution in [2.75, 3.05) is 0 Å². The number of rotatable bonds is 19. The zero-order valence-electron chi connectivity index (χ0n) is 19.8. The Hall–Kier alpha value is -2.24. The second kappa shape index (κ2) is 17.3. The number of aromatic hydroxyl groups is 2. The predicted molar refractivity (Wildman–Crippen MR) is 128 cm³/mol. The van der Waals surface area contributed by atoms with Crippen LogP contribution in [0.15, 0.2) is 18.2 Å². The molecule has 0 heterocycles. The molecule has 0 aliphatic heterocycles. The minimum absolute atomic E-state index is 0.0493. The fraction of sp³-hybridized carbons (Fsp3) is 0.692. The van der Waals surface area contributed by atoms with Gasteiger partial charge in [0.1, 0.15) is 6.04 Å². The summed E-state index contributed by atoms with van der Waals surface area (Å²) >= 11 is 0. The zero-order chi connectivity index (χ0) is 23.6. The molecule has 0 unspecified atom stereocenters. The van der Waals surface area contributed by atoms with Gasteiger partial charge >= 0.3 is 5.97 Å². The summed E-state index contributed by atoms with van der Waals surface area (Å²) in [4.78, 5) is 23.6. The molecule has 0 bridgehead atoms. The van der Waals surface area contributed by atoms with E-state index in [4.69, 9.17) is 0 Å². The van der Waals surface area contributed by atoms with Gasteiger partial charge in [-0.1, -0.05) is 96.5 Å². The number of benzene rings is 1. The minimum Gasteiger partial charge on any atom is -0.504 e. The van der Waals surface area contributed by atoms with Crippen molar-refractivity contribution < 1.29 is 24.9 Å². The first-order valence-electron chi connectivity index (χ1n) is 12.5. The van der Waals surface area contributed by atoms with Gasteiger partial charge in [-0.3, -0.25) is 4.79 Å². The van der Waals surface area contributed by atoms with Crippen LogP contribution in [-0.4, -0.2) is 33.2 Å². The van der Waals surface area contributed by atoms with E-state index in [0.29, 0.717) is 12.0 Å². The summed E-state index contributed by atoms with van der Waals surface area (Å²) in [6, 6.07) is 3.09. The summed E-state index contributed by atoms with van der Waals surface area (Å²) < 4.78 is 0. The van der Waals surface area contributed by atoms with Crippen LogP contribution in [-0.2, 0) is 16.0 Å². The second-order valence-corrected chi connectivity index (χ2v) is 8.83. The molecule has 0 aliphatic rings. The fourth-order valence-electron chi connectivity index (χ4n) is 3.88. The third-order valence-corrected chi connectivity index (χ3v) is 5.87. The largest absolute Gasteiger partial charge is 0.504 e. The van der Waals surface area contributed by atoms with Crippen molar-refractivity contribution in [2.24, 2.45) is 0 Å². The Morgan fingerprint density at radius 2 is 1.28 bits per heavy atom. The van der Waals surface area contributed by atoms with Crippen LogP contribution in [0.4, 0.5) is 0 Å². The lowest BCUT2D eigenvalue weighted by Crippen LogP contribution is -2.42. The number of phenols is 2. The van der Waals surface area contributed by atoms with Gasteiger partial charge in [-0.25, -0.2) is 4.79 Å². The molecule has 6 nitrogen and oxygen atoms in total. The third kappa shape index (κ3) is 13.2. The second-order valence-electron chi connectivity index (χ2n) is 8.83. The lowest BCUT2D eigenvalue weighted by molar-refractivity contribution is -0.141. The van der Waals surface area contributed by atoms with Crippen molar-refractivity contribution in [1.29, 1.82) is 0 Å². The number of unbranched alkanes of at least 4 members (excludes halogenated alkanes) is 13. The van der Waals surface area contributed by atoms with Gasteiger partial charge in [-0.2, -0.15) is 0 Å². The Morgan fingerprint density at radius 1 is 0.781 bits per heavy atom. The van der Waals surface area contributed by atoms with Gasteiger partial charge in [0.2, 0.25) is 5.91 Å². The number of hydrogen-bond acceptors (Lipinski definition) is 4. The summed E-state index contributed by atoms with van der Waals surface area (Å²) in [5, 5.41) is 30.8. The number of carbonyl (C=O) groups is 2. The lowest BCUT2D eigenvalue weighted by Gasteiger charge is -2.15. The van der Waals surface area contributed by atoms with Gasteiger partial charge in [-0.15, -0.1) is 0 Å². The molecule has 0 saturated carbocycles. The average molecular weight is 450 g/mol. The summed E-state index contributed by atoms with van der Waals surface area (Å²) in [5.41, 5.74) is 0.532. The molecule has 6 heteroatoms. The molecule has 0 saturated heterocycles. The SMILES string of the molecule is CCCCCCCCCCCCCCCCC(=O)N[C@@H](Cc1ccc(O)c(O)c1)C(=O)O. The molecule has 0 fully saturated rings. The number of carboxylic acids is 1. The van der Waals surface area contributed by atoms with Gasteiger partial charge in [0, 0.05) is 12.8 Å². The number of amides is 1. The van der Waals surface area contributed by atoms with E-state index in [1.807, 2.05) is 0 Å². The molecule has 0 aromatic heterocycles. The molecule has 182 valence electrons. The van der Waals surface area contributed by atoms with Gasteiger partial charge in [0.25, 0.3) is 0 Å². The van der Waals surface area contributed by atoms with Gasteiger partial charge in [-0.05, 0) is 24.1 Å². The molecular weight excluding hydrogens is 406 g/mol. The number of carboxylic acid groups (broad SMARTS) is 1. The number of hydrogen-bond donors (Lipinski definition) is 4. The maximum Gasteiger partial charge on any atom is 0.326 e. The Balaban J connectivity index is 2.07. The van der Waals surface area contributed by atoms with E-state index in [9.17, 15) is 24.9 Å². The molecule has 0 spiro atoms. The van der Waals surface area contributed by atoms with E-state index in [1.54, 1.807) is 0 Å². The van der Waals surface area contributed by atoms with Crippen LogP contribution in [0.5, 0.6) is 11.5 Å². The molecule has 1 amide bonds. The number of aliphatic carboxylic acids is 1. The molecule has 1 aromatic rings. The first-order valence-corrected chi connectivity index (χ1v) is 12.5. The quantitative estimate of drug-likeness (QED) is 0.151. The van der Waals surface area contributed by atoms with E-state index in [2.05, 4.69) is 12.2 Å². The maximum atomic E-state index is 12.1. The molecule has 1 rings (SSSR count). The van der Waals surface area contributed by atoms with Gasteiger partial charge in [0.05, 0.1) is 0 Å². The molecule has 0 radical (unpaired) electrons. The highest BCUT2D eigenvalue weighted by Gasteiger charge is 2.20. The summed E-state index contributed by atoms with van der Waals surface area (Å²) in [6.07, 6.45) is 17.8. The van der Waals surface area contributed by atoms with Crippen molar-refractivity contribution in [2.45, 2.75) is 116 Å². The predicted octanol–water partition coefficient (Wildman–Crippen LogP) is 6.08. The summed E-state index contributed by atoms with van der Waals surface area (Å²) in [5.74, 6) is -1.95. The summed E-state index contributed by atoms with van der Waals surface area (Å²) in [7, 11) is 0. The van der Waals surface area contributed by atoms with E-state index in [-0.39, 0.29) is 23.8 Å². The van der Waals surface area contributed by atoms with Crippen LogP contribution in [0.3, 0.4) is 0 Å². The highest BCUT2D eigenvalue weighted by Crippen LogP contribution is 2.25. The van der Waals surface area contributed by atoms with Crippen molar-refractivity contribution in [1.82, 2.24) is 5.32 Å². The Morgan fingerprint density at radius 3 is 1.75 bits per heavy atom. The molecule has 4 N–H and O–H groups in total. The molecule has 0 aliphatic carbocycles. The van der Waals surface area contributed by atoms with E-state index >= 15 is 0 Å². The molecule has 32 heavy (non-hydrogen) atoms. The molecule has 1 aromatic carbocycles. The monoisotopic (exact) mass is 449 g/mol. The fourth-order valence-corrected chi connectivity index (χ4v) is 3.88. The van der Waals surface area contributed by atoms with Crippen LogP contribution in [0.25, 0.3) is 0 Å². The minimum atomic E-state index is -1.12. The van der Waals surface area contributed by atoms with Crippen molar-refractivity contribution in [3.05, 3.63) is 23.8 Å². The third-order valence-electron chi connectivity index (χ3n) is 5.87. The smallest absolute Gasteiger partial charge is 0.326 e. The van der Waals surface area contributed by atoms with Crippen LogP contribution < -0.4 is 5.32 Å². The van der Waals surface area contributed by atoms with E-state index < -0.39 is 12.0 Å². The first kappa shape index (κ1) is 27.8. The molecular formula is C26H43NO5. The topological polar surface area (TPSA) is 107 Å². The van der Waals surface area contributed by atoms with Gasteiger partial charge < -0.3 is 20.6 Å². The highest BCUT2D eigenvalue weighted by molar-refractivity contribution is 5.83. The van der Waals surface area contributed by atoms with Crippen LogP contribution in [0.2, 0.25) is 0 Å². The Bertz CT molecular complexity index is 662. The standard InChI is InChI=1S/C26H43NO5/c1-2-3-4-5-6-7-8-9-10-11-12-13-14-15-16-25(30)27-22(26(31)32)19-21-17-18-23(28)24(29)20-21/h17-18,20,22,28-29H,2-16,19H2,1H3,(H,27,30)(H,31,32)/t22-/m0/s1. The zero-order valence-corrected chi connectivity index (χ0v) is 19.8. The van der Waals surface area contributed by atoms with E-state index in [0.717, 1.165) is 19.3 Å². The van der Waals surface area contributed by atoms with Crippen molar-refractivity contribution in [3.8, 4) is 11.5 Å². The summed E-state index contributed by atoms with van der Waals surface area (Å²) in [6.45, 7) is 2.25. The van der Waals surface area contributed by atoms with Crippen molar-refractivity contribution in [3.63, 3.8) is 0 Å². The van der Waals surface area contributed by atoms with Crippen LogP contribution in [0.1, 0.15) is 109 Å². The lowest BCUT2D eigenvalue weighted by atomic mass is 10.0. The highest BCUT2D eigenvalue weighted by atomic mass is 16.4. The number of carbonyl (C=O) groups excluding carboxylic acids is 1. The Kier molecular flexibility index (Phi) is 15.1. The first-order chi connectivity index (χ1) is 15.4. The van der Waals surface area contributed by atoms with Crippen LogP contribution >= 0.6 is 0 Å². The van der Waals surface area contributed by atoms with Gasteiger partial charge in [0.15, 0.2) is 11.5 Å². The van der Waals surface area contributed by atoms with E-state index in [1.165, 1.54) is 88.8 Å². The molecule has 1 atom stereocenters. The number of nitrogens with one attached hydrogen (secondary N) is 1.